The Morgan fingerprint density at radius 1 is 1.24 bits per heavy atom. The topological polar surface area (TPSA) is 35.2 Å². The Hall–Kier alpha value is -1.16. The minimum absolute atomic E-state index is 0.103. The third kappa shape index (κ3) is 1.80. The van der Waals surface area contributed by atoms with Crippen LogP contribution in [0.15, 0.2) is 12.1 Å². The van der Waals surface area contributed by atoms with Gasteiger partial charge in [-0.25, -0.2) is 8.78 Å². The normalized spacial score (nSPS) is 18.0. The van der Waals surface area contributed by atoms with Gasteiger partial charge in [0.25, 0.3) is 0 Å². The fourth-order valence-corrected chi connectivity index (χ4v) is 2.47. The van der Waals surface area contributed by atoms with Crippen LogP contribution in [-0.4, -0.2) is 12.6 Å². The SMILES string of the molecule is COc1cc(F)c(C2(C(C)(C)N)CC2)c(F)c1. The molecule has 0 unspecified atom stereocenters. The second kappa shape index (κ2) is 3.67. The molecule has 2 nitrogen and oxygen atoms in total. The zero-order valence-electron chi connectivity index (χ0n) is 10.3. The molecule has 0 bridgehead atoms. The smallest absolute Gasteiger partial charge is 0.133 e. The molecule has 1 fully saturated rings. The highest BCUT2D eigenvalue weighted by Crippen LogP contribution is 2.56. The van der Waals surface area contributed by atoms with Crippen LogP contribution in [-0.2, 0) is 5.41 Å². The number of rotatable bonds is 3. The zero-order chi connectivity index (χ0) is 12.8. The zero-order valence-corrected chi connectivity index (χ0v) is 10.3. The van der Waals surface area contributed by atoms with Crippen molar-refractivity contribution >= 4 is 0 Å². The van der Waals surface area contributed by atoms with Gasteiger partial charge in [-0.05, 0) is 26.7 Å². The van der Waals surface area contributed by atoms with Crippen molar-refractivity contribution in [2.45, 2.75) is 37.6 Å². The summed E-state index contributed by atoms with van der Waals surface area (Å²) in [5.41, 5.74) is 4.94. The van der Waals surface area contributed by atoms with Crippen LogP contribution >= 0.6 is 0 Å². The molecule has 2 rings (SSSR count). The summed E-state index contributed by atoms with van der Waals surface area (Å²) in [6.07, 6.45) is 1.44. The van der Waals surface area contributed by atoms with E-state index >= 15 is 0 Å². The fraction of sp³-hybridized carbons (Fsp3) is 0.538. The van der Waals surface area contributed by atoms with Crippen molar-refractivity contribution in [2.24, 2.45) is 5.73 Å². The molecule has 4 heteroatoms. The summed E-state index contributed by atoms with van der Waals surface area (Å²) >= 11 is 0. The molecule has 0 aromatic heterocycles. The lowest BCUT2D eigenvalue weighted by molar-refractivity contribution is 0.358. The number of nitrogens with two attached hydrogens (primary N) is 1. The van der Waals surface area contributed by atoms with Gasteiger partial charge in [0.15, 0.2) is 0 Å². The Balaban J connectivity index is 2.54. The maximum Gasteiger partial charge on any atom is 0.133 e. The van der Waals surface area contributed by atoms with E-state index in [4.69, 9.17) is 10.5 Å². The molecule has 0 atom stereocenters. The van der Waals surface area contributed by atoms with Crippen molar-refractivity contribution in [1.29, 1.82) is 0 Å². The molecular weight excluding hydrogens is 224 g/mol. The van der Waals surface area contributed by atoms with E-state index in [0.29, 0.717) is 0 Å². The molecule has 0 saturated heterocycles. The van der Waals surface area contributed by atoms with Crippen molar-refractivity contribution in [3.8, 4) is 5.75 Å². The van der Waals surface area contributed by atoms with Gasteiger partial charge in [-0.3, -0.25) is 0 Å². The first-order chi connectivity index (χ1) is 7.82. The molecule has 0 aliphatic heterocycles. The van der Waals surface area contributed by atoms with Gasteiger partial charge in [0.1, 0.15) is 17.4 Å². The minimum Gasteiger partial charge on any atom is -0.497 e. The maximum atomic E-state index is 14.0. The van der Waals surface area contributed by atoms with Crippen molar-refractivity contribution in [2.75, 3.05) is 7.11 Å². The number of halogens is 2. The van der Waals surface area contributed by atoms with Crippen molar-refractivity contribution in [3.05, 3.63) is 29.3 Å². The lowest BCUT2D eigenvalue weighted by atomic mass is 9.78. The van der Waals surface area contributed by atoms with Gasteiger partial charge < -0.3 is 10.5 Å². The van der Waals surface area contributed by atoms with Gasteiger partial charge in [0, 0.05) is 28.7 Å². The van der Waals surface area contributed by atoms with Crippen LogP contribution in [0.1, 0.15) is 32.3 Å². The average Bonchev–Trinajstić information content (AvgIpc) is 2.96. The summed E-state index contributed by atoms with van der Waals surface area (Å²) in [7, 11) is 1.38. The van der Waals surface area contributed by atoms with Crippen LogP contribution in [0.3, 0.4) is 0 Å². The van der Waals surface area contributed by atoms with Crippen LogP contribution in [0.4, 0.5) is 8.78 Å². The molecule has 1 aliphatic carbocycles. The number of hydrogen-bond acceptors (Lipinski definition) is 2. The van der Waals surface area contributed by atoms with E-state index in [-0.39, 0.29) is 11.3 Å². The van der Waals surface area contributed by atoms with Gasteiger partial charge in [0.05, 0.1) is 7.11 Å². The first-order valence-corrected chi connectivity index (χ1v) is 5.64. The summed E-state index contributed by atoms with van der Waals surface area (Å²) in [6, 6.07) is 2.43. The van der Waals surface area contributed by atoms with Crippen LogP contribution in [0, 0.1) is 11.6 Å². The molecule has 0 heterocycles. The molecule has 17 heavy (non-hydrogen) atoms. The second-order valence-electron chi connectivity index (χ2n) is 5.27. The largest absolute Gasteiger partial charge is 0.497 e. The van der Waals surface area contributed by atoms with Crippen molar-refractivity contribution < 1.29 is 13.5 Å². The minimum atomic E-state index is -0.636. The Morgan fingerprint density at radius 2 is 1.71 bits per heavy atom. The predicted molar refractivity (Wildman–Crippen MR) is 62.1 cm³/mol. The monoisotopic (exact) mass is 241 g/mol. The molecule has 94 valence electrons. The quantitative estimate of drug-likeness (QED) is 0.883. The van der Waals surface area contributed by atoms with Crippen molar-refractivity contribution in [1.82, 2.24) is 0 Å². The number of methoxy groups -OCH3 is 1. The van der Waals surface area contributed by atoms with Crippen LogP contribution in [0.25, 0.3) is 0 Å². The molecule has 0 radical (unpaired) electrons. The van der Waals surface area contributed by atoms with Gasteiger partial charge in [-0.2, -0.15) is 0 Å². The molecule has 1 saturated carbocycles. The van der Waals surface area contributed by atoms with E-state index in [1.807, 2.05) is 13.8 Å². The van der Waals surface area contributed by atoms with E-state index in [1.54, 1.807) is 0 Å². The average molecular weight is 241 g/mol. The Kier molecular flexibility index (Phi) is 2.65. The number of hydrogen-bond donors (Lipinski definition) is 1. The number of ether oxygens (including phenoxy) is 1. The standard InChI is InChI=1S/C13H17F2NO/c1-12(2,16)13(4-5-13)11-9(14)6-8(17-3)7-10(11)15/h6-7H,4-5,16H2,1-3H3. The summed E-state index contributed by atoms with van der Waals surface area (Å²) in [5.74, 6) is -0.954. The van der Waals surface area contributed by atoms with E-state index in [0.717, 1.165) is 12.8 Å². The van der Waals surface area contributed by atoms with Gasteiger partial charge in [0.2, 0.25) is 0 Å². The summed E-state index contributed by atoms with van der Waals surface area (Å²) < 4.78 is 32.8. The molecular formula is C13H17F2NO. The summed E-state index contributed by atoms with van der Waals surface area (Å²) in [4.78, 5) is 0. The van der Waals surface area contributed by atoms with Gasteiger partial charge >= 0.3 is 0 Å². The predicted octanol–water partition coefficient (Wildman–Crippen LogP) is 2.74. The first kappa shape index (κ1) is 12.3. The third-order valence-electron chi connectivity index (χ3n) is 3.71. The summed E-state index contributed by atoms with van der Waals surface area (Å²) in [6.45, 7) is 3.62. The Morgan fingerprint density at radius 3 is 2.00 bits per heavy atom. The fourth-order valence-electron chi connectivity index (χ4n) is 2.47. The highest BCUT2D eigenvalue weighted by atomic mass is 19.1. The Labute approximate surface area is 99.8 Å². The lowest BCUT2D eigenvalue weighted by Gasteiger charge is -2.31. The second-order valence-corrected chi connectivity index (χ2v) is 5.27. The van der Waals surface area contributed by atoms with Crippen LogP contribution in [0.5, 0.6) is 5.75 Å². The van der Waals surface area contributed by atoms with Crippen molar-refractivity contribution in [3.63, 3.8) is 0 Å². The van der Waals surface area contributed by atoms with Crippen LogP contribution < -0.4 is 10.5 Å². The van der Waals surface area contributed by atoms with E-state index in [1.165, 1.54) is 19.2 Å². The molecule has 1 aromatic rings. The van der Waals surface area contributed by atoms with Gasteiger partial charge in [-0.1, -0.05) is 0 Å². The molecule has 2 N–H and O–H groups in total. The summed E-state index contributed by atoms with van der Waals surface area (Å²) in [5, 5.41) is 0. The maximum absolute atomic E-state index is 14.0. The third-order valence-corrected chi connectivity index (χ3v) is 3.71. The molecule has 0 amide bonds. The van der Waals surface area contributed by atoms with E-state index < -0.39 is 22.6 Å². The molecule has 1 aliphatic rings. The Bertz CT molecular complexity index is 424. The van der Waals surface area contributed by atoms with E-state index in [2.05, 4.69) is 0 Å². The highest BCUT2D eigenvalue weighted by molar-refractivity contribution is 5.42. The lowest BCUT2D eigenvalue weighted by Crippen LogP contribution is -2.46. The first-order valence-electron chi connectivity index (χ1n) is 5.64. The van der Waals surface area contributed by atoms with Crippen LogP contribution in [0.2, 0.25) is 0 Å². The van der Waals surface area contributed by atoms with E-state index in [9.17, 15) is 8.78 Å². The molecule has 0 spiro atoms. The van der Waals surface area contributed by atoms with Gasteiger partial charge in [-0.15, -0.1) is 0 Å². The number of benzene rings is 1. The molecule has 1 aromatic carbocycles. The highest BCUT2D eigenvalue weighted by Gasteiger charge is 2.56.